The summed E-state index contributed by atoms with van der Waals surface area (Å²) >= 11 is 0. The van der Waals surface area contributed by atoms with Crippen molar-refractivity contribution in [3.8, 4) is 22.6 Å². The molecule has 2 aromatic rings. The third kappa shape index (κ3) is 5.75. The maximum Gasteiger partial charge on any atom is 0.131 e. The zero-order valence-corrected chi connectivity index (χ0v) is 17.5. The molecule has 0 amide bonds. The fourth-order valence-corrected chi connectivity index (χ4v) is 4.03. The van der Waals surface area contributed by atoms with Gasteiger partial charge < -0.3 is 9.47 Å². The van der Waals surface area contributed by atoms with Crippen LogP contribution in [-0.2, 0) is 0 Å². The smallest absolute Gasteiger partial charge is 0.131 e. The topological polar surface area (TPSA) is 18.5 Å². The monoisotopic (exact) mass is 358 g/mol. The van der Waals surface area contributed by atoms with Gasteiger partial charge in [0, 0.05) is 0 Å². The summed E-state index contributed by atoms with van der Waals surface area (Å²) < 4.78 is 12.3. The highest BCUT2D eigenvalue weighted by Gasteiger charge is 2.20. The summed E-state index contributed by atoms with van der Waals surface area (Å²) in [6.07, 6.45) is 0.232. The van der Waals surface area contributed by atoms with Crippen molar-refractivity contribution in [3.63, 3.8) is 0 Å². The summed E-state index contributed by atoms with van der Waals surface area (Å²) in [6.45, 7) is 15.1. The van der Waals surface area contributed by atoms with E-state index in [9.17, 15) is 0 Å². The van der Waals surface area contributed by atoms with Gasteiger partial charge in [0.15, 0.2) is 0 Å². The molecule has 0 heterocycles. The van der Waals surface area contributed by atoms with Crippen molar-refractivity contribution >= 4 is 13.9 Å². The van der Waals surface area contributed by atoms with E-state index in [4.69, 9.17) is 9.47 Å². The molecule has 0 aliphatic heterocycles. The maximum atomic E-state index is 6.13. The van der Waals surface area contributed by atoms with Crippen LogP contribution in [0.4, 0.5) is 0 Å². The predicted octanol–water partition coefficient (Wildman–Crippen LogP) is 6.03. The van der Waals surface area contributed by atoms with Crippen molar-refractivity contribution < 1.29 is 9.47 Å². The summed E-state index contributed by atoms with van der Waals surface area (Å²) in [5.74, 6) is 1.78. The molecule has 0 radical (unpaired) electrons. The zero-order valence-electron chi connectivity index (χ0n) is 16.5. The molecule has 0 bridgehead atoms. The van der Waals surface area contributed by atoms with E-state index in [1.807, 2.05) is 18.2 Å². The van der Waals surface area contributed by atoms with Crippen molar-refractivity contribution in [2.24, 2.45) is 0 Å². The highest BCUT2D eigenvalue weighted by Crippen LogP contribution is 2.42. The predicted molar refractivity (Wildman–Crippen MR) is 111 cm³/mol. The Hall–Kier alpha value is -1.53. The molecule has 25 heavy (non-hydrogen) atoms. The second kappa shape index (κ2) is 8.23. The maximum absolute atomic E-state index is 6.13. The molecular formula is C22H31O2P. The van der Waals surface area contributed by atoms with Crippen molar-refractivity contribution in [1.29, 1.82) is 0 Å². The van der Waals surface area contributed by atoms with Crippen LogP contribution in [0, 0.1) is 0 Å². The van der Waals surface area contributed by atoms with E-state index >= 15 is 0 Å². The Labute approximate surface area is 154 Å². The number of rotatable bonds is 6. The second-order valence-electron chi connectivity index (χ2n) is 7.88. The summed E-state index contributed by atoms with van der Waals surface area (Å²) in [7, 11) is 0.712. The van der Waals surface area contributed by atoms with Crippen molar-refractivity contribution in [2.45, 2.75) is 65.8 Å². The molecule has 0 aliphatic rings. The molecule has 0 aliphatic carbocycles. The van der Waals surface area contributed by atoms with E-state index in [-0.39, 0.29) is 17.4 Å². The van der Waals surface area contributed by atoms with Crippen LogP contribution in [0.1, 0.15) is 48.5 Å². The first kappa shape index (κ1) is 19.8. The lowest BCUT2D eigenvalue weighted by atomic mass is 10.0. The highest BCUT2D eigenvalue weighted by atomic mass is 31.1. The van der Waals surface area contributed by atoms with E-state index in [0.717, 1.165) is 17.1 Å². The minimum Gasteiger partial charge on any atom is -0.490 e. The lowest BCUT2D eigenvalue weighted by Crippen LogP contribution is -2.15. The number of hydrogen-bond acceptors (Lipinski definition) is 2. The first-order chi connectivity index (χ1) is 11.7. The van der Waals surface area contributed by atoms with Crippen LogP contribution in [0.5, 0.6) is 11.5 Å². The third-order valence-corrected chi connectivity index (χ3v) is 4.87. The first-order valence-corrected chi connectivity index (χ1v) is 10.0. The highest BCUT2D eigenvalue weighted by molar-refractivity contribution is 7.49. The average Bonchev–Trinajstić information content (AvgIpc) is 2.46. The van der Waals surface area contributed by atoms with Crippen LogP contribution in [0.15, 0.2) is 42.5 Å². The lowest BCUT2D eigenvalue weighted by molar-refractivity contribution is 0.231. The Morgan fingerprint density at radius 1 is 0.760 bits per heavy atom. The molecule has 2 aromatic carbocycles. The quantitative estimate of drug-likeness (QED) is 0.587. The van der Waals surface area contributed by atoms with Gasteiger partial charge in [-0.25, -0.2) is 0 Å². The van der Waals surface area contributed by atoms with Gasteiger partial charge in [0.25, 0.3) is 0 Å². The van der Waals surface area contributed by atoms with Gasteiger partial charge in [0.05, 0.1) is 17.8 Å². The minimum absolute atomic E-state index is 0.116. The van der Waals surface area contributed by atoms with E-state index in [1.165, 1.54) is 10.9 Å². The zero-order chi connectivity index (χ0) is 18.6. The fraction of sp³-hybridized carbons (Fsp3) is 0.455. The minimum atomic E-state index is 0.116. The van der Waals surface area contributed by atoms with Crippen molar-refractivity contribution in [1.82, 2.24) is 0 Å². The van der Waals surface area contributed by atoms with Crippen molar-refractivity contribution in [2.75, 3.05) is 0 Å². The van der Waals surface area contributed by atoms with Crippen LogP contribution < -0.4 is 14.8 Å². The Morgan fingerprint density at radius 3 is 1.76 bits per heavy atom. The molecule has 0 saturated heterocycles. The van der Waals surface area contributed by atoms with E-state index in [1.54, 1.807) is 0 Å². The van der Waals surface area contributed by atoms with Crippen LogP contribution in [0.25, 0.3) is 11.1 Å². The van der Waals surface area contributed by atoms with Crippen LogP contribution in [0.2, 0.25) is 0 Å². The van der Waals surface area contributed by atoms with E-state index in [0.29, 0.717) is 8.58 Å². The number of benzene rings is 2. The van der Waals surface area contributed by atoms with E-state index < -0.39 is 0 Å². The van der Waals surface area contributed by atoms with Crippen LogP contribution in [-0.4, -0.2) is 17.4 Å². The molecule has 1 unspecified atom stereocenters. The van der Waals surface area contributed by atoms with Crippen LogP contribution in [0.3, 0.4) is 0 Å². The second-order valence-corrected chi connectivity index (χ2v) is 10.2. The number of hydrogen-bond donors (Lipinski definition) is 0. The lowest BCUT2D eigenvalue weighted by Gasteiger charge is -2.24. The molecule has 0 fully saturated rings. The Bertz CT molecular complexity index is 671. The average molecular weight is 358 g/mol. The summed E-state index contributed by atoms with van der Waals surface area (Å²) in [5.41, 5.74) is 2.28. The molecule has 1 atom stereocenters. The molecule has 0 saturated carbocycles. The molecule has 0 spiro atoms. The molecule has 0 N–H and O–H groups in total. The summed E-state index contributed by atoms with van der Waals surface area (Å²) in [6, 6.07) is 14.7. The Kier molecular flexibility index (Phi) is 6.52. The third-order valence-electron chi connectivity index (χ3n) is 3.42. The molecular weight excluding hydrogens is 327 g/mol. The standard InChI is InChI=1S/C22H31O2P/c1-15(2)23-18-12-10-13-19(24-16(3)4)21(18)17-11-8-9-14-20(17)25-22(5,6)7/h8-16,25H,1-7H3. The van der Waals surface area contributed by atoms with Crippen molar-refractivity contribution in [3.05, 3.63) is 42.5 Å². The fourth-order valence-electron chi connectivity index (χ4n) is 2.69. The van der Waals surface area contributed by atoms with E-state index in [2.05, 4.69) is 72.7 Å². The SMILES string of the molecule is CC(C)Oc1cccc(OC(C)C)c1-c1ccccc1PC(C)(C)C. The van der Waals surface area contributed by atoms with Gasteiger partial charge in [-0.1, -0.05) is 59.7 Å². The van der Waals surface area contributed by atoms with Gasteiger partial charge in [0.2, 0.25) is 0 Å². The summed E-state index contributed by atoms with van der Waals surface area (Å²) in [4.78, 5) is 0. The Balaban J connectivity index is 2.63. The van der Waals surface area contributed by atoms with Gasteiger partial charge in [-0.05, 0) is 55.9 Å². The summed E-state index contributed by atoms with van der Waals surface area (Å²) in [5, 5.41) is 1.59. The molecule has 2 nitrogen and oxygen atoms in total. The largest absolute Gasteiger partial charge is 0.490 e. The molecule has 0 aromatic heterocycles. The van der Waals surface area contributed by atoms with Gasteiger partial charge in [-0.3, -0.25) is 0 Å². The molecule has 2 rings (SSSR count). The first-order valence-electron chi connectivity index (χ1n) is 9.01. The molecule has 3 heteroatoms. The van der Waals surface area contributed by atoms with Crippen LogP contribution >= 0.6 is 8.58 Å². The normalized spacial score (nSPS) is 12.4. The van der Waals surface area contributed by atoms with Gasteiger partial charge in [-0.2, -0.15) is 0 Å². The van der Waals surface area contributed by atoms with Gasteiger partial charge >= 0.3 is 0 Å². The molecule has 136 valence electrons. The number of ether oxygens (including phenoxy) is 2. The van der Waals surface area contributed by atoms with Gasteiger partial charge in [-0.15, -0.1) is 0 Å². The van der Waals surface area contributed by atoms with Gasteiger partial charge in [0.1, 0.15) is 11.5 Å². The Morgan fingerprint density at radius 2 is 1.28 bits per heavy atom.